The molecule has 1 heterocycles. The number of ketones is 1. The van der Waals surface area contributed by atoms with Crippen molar-refractivity contribution in [3.05, 3.63) is 47.5 Å². The lowest BCUT2D eigenvalue weighted by Gasteiger charge is -2.27. The van der Waals surface area contributed by atoms with E-state index in [1.54, 1.807) is 6.07 Å². The predicted molar refractivity (Wildman–Crippen MR) is 80.0 cm³/mol. The molecule has 114 valence electrons. The van der Waals surface area contributed by atoms with Crippen molar-refractivity contribution < 1.29 is 24.1 Å². The van der Waals surface area contributed by atoms with E-state index >= 15 is 0 Å². The summed E-state index contributed by atoms with van der Waals surface area (Å²) < 4.78 is 16.2. The van der Waals surface area contributed by atoms with E-state index in [1.165, 1.54) is 14.2 Å². The van der Waals surface area contributed by atoms with Crippen LogP contribution in [-0.4, -0.2) is 25.1 Å². The lowest BCUT2D eigenvalue weighted by molar-refractivity contribution is 0.0843. The number of fused-ring (bicyclic) bond motifs is 1. The minimum absolute atomic E-state index is 0.136. The molecule has 0 radical (unpaired) electrons. The summed E-state index contributed by atoms with van der Waals surface area (Å²) in [5.74, 6) is 0.332. The van der Waals surface area contributed by atoms with Crippen molar-refractivity contribution in [1.29, 1.82) is 0 Å². The fraction of sp³-hybridized carbons (Fsp3) is 0.235. The second kappa shape index (κ2) is 5.60. The van der Waals surface area contributed by atoms with Crippen molar-refractivity contribution >= 4 is 5.78 Å². The van der Waals surface area contributed by atoms with Crippen LogP contribution in [-0.2, 0) is 0 Å². The van der Waals surface area contributed by atoms with Crippen LogP contribution in [0.5, 0.6) is 23.0 Å². The van der Waals surface area contributed by atoms with Gasteiger partial charge in [-0.05, 0) is 5.56 Å². The normalized spacial score (nSPS) is 16.6. The van der Waals surface area contributed by atoms with Gasteiger partial charge in [0.1, 0.15) is 17.4 Å². The molecule has 1 aliphatic rings. The second-order valence-corrected chi connectivity index (χ2v) is 4.98. The van der Waals surface area contributed by atoms with Crippen LogP contribution in [0.15, 0.2) is 36.4 Å². The lowest BCUT2D eigenvalue weighted by Crippen LogP contribution is -2.20. The first-order chi connectivity index (χ1) is 10.7. The van der Waals surface area contributed by atoms with E-state index in [1.807, 2.05) is 30.3 Å². The van der Waals surface area contributed by atoms with Crippen LogP contribution in [0.1, 0.15) is 28.4 Å². The molecule has 22 heavy (non-hydrogen) atoms. The Morgan fingerprint density at radius 3 is 2.55 bits per heavy atom. The number of benzene rings is 2. The van der Waals surface area contributed by atoms with Gasteiger partial charge >= 0.3 is 0 Å². The Kier molecular flexibility index (Phi) is 3.63. The molecule has 0 aromatic heterocycles. The van der Waals surface area contributed by atoms with Gasteiger partial charge < -0.3 is 19.3 Å². The zero-order valence-corrected chi connectivity index (χ0v) is 12.3. The van der Waals surface area contributed by atoms with Crippen molar-refractivity contribution in [1.82, 2.24) is 0 Å². The number of hydrogen-bond donors (Lipinski definition) is 1. The van der Waals surface area contributed by atoms with E-state index in [9.17, 15) is 9.90 Å². The van der Waals surface area contributed by atoms with Gasteiger partial charge in [-0.2, -0.15) is 0 Å². The molecule has 0 fully saturated rings. The van der Waals surface area contributed by atoms with Crippen molar-refractivity contribution in [3.63, 3.8) is 0 Å². The van der Waals surface area contributed by atoms with Gasteiger partial charge in [0.25, 0.3) is 0 Å². The highest BCUT2D eigenvalue weighted by molar-refractivity contribution is 6.03. The molecule has 0 unspecified atom stereocenters. The van der Waals surface area contributed by atoms with Gasteiger partial charge in [-0.15, -0.1) is 0 Å². The number of ether oxygens (including phenoxy) is 3. The number of methoxy groups -OCH3 is 2. The van der Waals surface area contributed by atoms with Gasteiger partial charge in [-0.3, -0.25) is 4.79 Å². The standard InChI is InChI=1S/C17H16O5/c1-20-14-9-13-15(16(19)17(14)21-2)11(18)8-12(22-13)10-6-4-3-5-7-10/h3-7,9,12,19H,8H2,1-2H3/t12-/m1/s1. The number of hydrogen-bond acceptors (Lipinski definition) is 5. The highest BCUT2D eigenvalue weighted by Crippen LogP contribution is 2.48. The zero-order chi connectivity index (χ0) is 15.7. The minimum atomic E-state index is -0.376. The van der Waals surface area contributed by atoms with Gasteiger partial charge in [0.2, 0.25) is 5.75 Å². The SMILES string of the molecule is COc1cc2c(c(O)c1OC)C(=O)C[C@H](c1ccccc1)O2. The Morgan fingerprint density at radius 1 is 1.18 bits per heavy atom. The smallest absolute Gasteiger partial charge is 0.204 e. The number of Topliss-reactive ketones (excluding diaryl/α,β-unsaturated/α-hetero) is 1. The third-order valence-corrected chi connectivity index (χ3v) is 3.70. The molecule has 0 aliphatic carbocycles. The fourth-order valence-corrected chi connectivity index (χ4v) is 2.63. The summed E-state index contributed by atoms with van der Waals surface area (Å²) in [6.07, 6.45) is -0.209. The molecule has 3 rings (SSSR count). The first-order valence-corrected chi connectivity index (χ1v) is 6.88. The molecule has 1 aliphatic heterocycles. The maximum Gasteiger partial charge on any atom is 0.204 e. The summed E-state index contributed by atoms with van der Waals surface area (Å²) in [4.78, 5) is 12.4. The molecule has 1 atom stereocenters. The Balaban J connectivity index is 2.07. The summed E-state index contributed by atoms with van der Waals surface area (Å²) in [5.41, 5.74) is 1.06. The van der Waals surface area contributed by atoms with Crippen LogP contribution < -0.4 is 14.2 Å². The summed E-state index contributed by atoms with van der Waals surface area (Å²) in [7, 11) is 2.87. The van der Waals surface area contributed by atoms with Gasteiger partial charge in [0.15, 0.2) is 17.3 Å². The minimum Gasteiger partial charge on any atom is -0.504 e. The zero-order valence-electron chi connectivity index (χ0n) is 12.3. The van der Waals surface area contributed by atoms with Crippen LogP contribution in [0, 0.1) is 0 Å². The monoisotopic (exact) mass is 300 g/mol. The summed E-state index contributed by atoms with van der Waals surface area (Å²) in [6, 6.07) is 11.1. The highest BCUT2D eigenvalue weighted by Gasteiger charge is 2.33. The van der Waals surface area contributed by atoms with Gasteiger partial charge in [0, 0.05) is 6.07 Å². The molecule has 5 heteroatoms. The van der Waals surface area contributed by atoms with E-state index in [4.69, 9.17) is 14.2 Å². The summed E-state index contributed by atoms with van der Waals surface area (Å²) >= 11 is 0. The molecule has 0 spiro atoms. The van der Waals surface area contributed by atoms with Gasteiger partial charge in [-0.25, -0.2) is 0 Å². The summed E-state index contributed by atoms with van der Waals surface area (Å²) in [5, 5.41) is 10.3. The first-order valence-electron chi connectivity index (χ1n) is 6.88. The van der Waals surface area contributed by atoms with Crippen LogP contribution in [0.25, 0.3) is 0 Å². The van der Waals surface area contributed by atoms with E-state index in [-0.39, 0.29) is 35.4 Å². The van der Waals surface area contributed by atoms with Gasteiger partial charge in [0.05, 0.1) is 20.6 Å². The quantitative estimate of drug-likeness (QED) is 0.943. The maximum atomic E-state index is 12.4. The topological polar surface area (TPSA) is 65.0 Å². The average Bonchev–Trinajstić information content (AvgIpc) is 2.54. The Hall–Kier alpha value is -2.69. The molecule has 1 N–H and O–H groups in total. The Labute approximate surface area is 128 Å². The fourth-order valence-electron chi connectivity index (χ4n) is 2.63. The second-order valence-electron chi connectivity index (χ2n) is 4.98. The highest BCUT2D eigenvalue weighted by atomic mass is 16.5. The number of aromatic hydroxyl groups is 1. The number of carbonyl (C=O) groups is 1. The molecule has 0 bridgehead atoms. The van der Waals surface area contributed by atoms with Crippen LogP contribution in [0.4, 0.5) is 0 Å². The molecule has 2 aromatic carbocycles. The first kappa shape index (κ1) is 14.3. The van der Waals surface area contributed by atoms with Crippen molar-refractivity contribution in [2.45, 2.75) is 12.5 Å². The van der Waals surface area contributed by atoms with Crippen molar-refractivity contribution in [2.75, 3.05) is 14.2 Å². The largest absolute Gasteiger partial charge is 0.504 e. The third-order valence-electron chi connectivity index (χ3n) is 3.70. The predicted octanol–water partition coefficient (Wildman–Crippen LogP) is 3.12. The van der Waals surface area contributed by atoms with Crippen LogP contribution >= 0.6 is 0 Å². The van der Waals surface area contributed by atoms with E-state index in [0.717, 1.165) is 5.56 Å². The van der Waals surface area contributed by atoms with E-state index < -0.39 is 0 Å². The molecule has 0 saturated heterocycles. The van der Waals surface area contributed by atoms with Gasteiger partial charge in [-0.1, -0.05) is 30.3 Å². The third kappa shape index (κ3) is 2.24. The van der Waals surface area contributed by atoms with E-state index in [0.29, 0.717) is 11.5 Å². The number of phenolic OH excluding ortho intramolecular Hbond substituents is 1. The van der Waals surface area contributed by atoms with Crippen LogP contribution in [0.3, 0.4) is 0 Å². The molecular weight excluding hydrogens is 284 g/mol. The molecule has 5 nitrogen and oxygen atoms in total. The molecule has 0 amide bonds. The number of phenols is 1. The Bertz CT molecular complexity index is 709. The molecule has 2 aromatic rings. The number of carbonyl (C=O) groups excluding carboxylic acids is 1. The average molecular weight is 300 g/mol. The lowest BCUT2D eigenvalue weighted by atomic mass is 9.95. The van der Waals surface area contributed by atoms with Crippen molar-refractivity contribution in [2.24, 2.45) is 0 Å². The molecule has 0 saturated carbocycles. The Morgan fingerprint density at radius 2 is 1.91 bits per heavy atom. The van der Waals surface area contributed by atoms with Crippen LogP contribution in [0.2, 0.25) is 0 Å². The summed E-state index contributed by atoms with van der Waals surface area (Å²) in [6.45, 7) is 0. The molecular formula is C17H16O5. The maximum absolute atomic E-state index is 12.4. The number of rotatable bonds is 3. The van der Waals surface area contributed by atoms with Crippen molar-refractivity contribution in [3.8, 4) is 23.0 Å². The van der Waals surface area contributed by atoms with E-state index in [2.05, 4.69) is 0 Å².